The van der Waals surface area contributed by atoms with Crippen LogP contribution in [0.4, 0.5) is 5.69 Å². The molecule has 5 heteroatoms. The van der Waals surface area contributed by atoms with Gasteiger partial charge in [0.15, 0.2) is 5.11 Å². The van der Waals surface area contributed by atoms with Gasteiger partial charge in [-0.05, 0) is 54.5 Å². The number of allylic oxidation sites excluding steroid dienone is 1. The Kier molecular flexibility index (Phi) is 6.32. The van der Waals surface area contributed by atoms with Crippen LogP contribution in [0.2, 0.25) is 0 Å². The monoisotopic (exact) mass is 325 g/mol. The number of hydrazone groups is 1. The predicted molar refractivity (Wildman–Crippen MR) is 101 cm³/mol. The molecule has 118 valence electrons. The summed E-state index contributed by atoms with van der Waals surface area (Å²) in [5, 5.41) is 7.60. The summed E-state index contributed by atoms with van der Waals surface area (Å²) >= 11 is 5.19. The number of nitrogens with one attached hydrogen (secondary N) is 2. The molecule has 0 aliphatic carbocycles. The zero-order valence-corrected chi connectivity index (χ0v) is 13.9. The molecule has 2 aromatic carbocycles. The average molecular weight is 325 g/mol. The maximum Gasteiger partial charge on any atom is 0.191 e. The lowest BCUT2D eigenvalue weighted by atomic mass is 10.1. The molecule has 0 atom stereocenters. The number of hydrogen-bond acceptors (Lipinski definition) is 3. The third-order valence-corrected chi connectivity index (χ3v) is 3.17. The molecule has 0 saturated carbocycles. The number of anilines is 1. The van der Waals surface area contributed by atoms with Crippen molar-refractivity contribution in [2.24, 2.45) is 5.10 Å². The topological polar surface area (TPSA) is 45.6 Å². The smallest absolute Gasteiger partial charge is 0.191 e. The summed E-state index contributed by atoms with van der Waals surface area (Å²) in [6.07, 6.45) is 3.78. The summed E-state index contributed by atoms with van der Waals surface area (Å²) in [5.41, 5.74) is 5.82. The van der Waals surface area contributed by atoms with Crippen molar-refractivity contribution in [3.8, 4) is 5.75 Å². The minimum absolute atomic E-state index is 0.430. The summed E-state index contributed by atoms with van der Waals surface area (Å²) in [6.45, 7) is 1.98. The lowest BCUT2D eigenvalue weighted by Crippen LogP contribution is -2.23. The van der Waals surface area contributed by atoms with Gasteiger partial charge in [0.2, 0.25) is 0 Å². The van der Waals surface area contributed by atoms with Gasteiger partial charge in [0.25, 0.3) is 0 Å². The van der Waals surface area contributed by atoms with Gasteiger partial charge >= 0.3 is 0 Å². The normalized spacial score (nSPS) is 11.3. The molecule has 0 spiro atoms. The van der Waals surface area contributed by atoms with Gasteiger partial charge in [0.05, 0.1) is 13.3 Å². The molecule has 0 aliphatic rings. The van der Waals surface area contributed by atoms with E-state index in [9.17, 15) is 0 Å². The average Bonchev–Trinajstić information content (AvgIpc) is 2.56. The minimum Gasteiger partial charge on any atom is -0.497 e. The largest absolute Gasteiger partial charge is 0.497 e. The molecule has 0 saturated heterocycles. The SMILES string of the molecule is COc1ccc(NC(=S)N/N=C/C(C)=C/c2ccccc2)cc1. The van der Waals surface area contributed by atoms with E-state index < -0.39 is 0 Å². The maximum atomic E-state index is 5.19. The van der Waals surface area contributed by atoms with Gasteiger partial charge in [0.1, 0.15) is 5.75 Å². The van der Waals surface area contributed by atoms with Crippen molar-refractivity contribution < 1.29 is 4.74 Å². The Hall–Kier alpha value is -2.66. The van der Waals surface area contributed by atoms with E-state index in [1.807, 2.05) is 67.6 Å². The molecule has 0 amide bonds. The van der Waals surface area contributed by atoms with E-state index in [-0.39, 0.29) is 0 Å². The van der Waals surface area contributed by atoms with Crippen molar-refractivity contribution in [3.05, 3.63) is 65.7 Å². The number of methoxy groups -OCH3 is 1. The molecule has 0 fully saturated rings. The Morgan fingerprint density at radius 3 is 2.43 bits per heavy atom. The molecule has 0 radical (unpaired) electrons. The molecule has 0 aliphatic heterocycles. The first kappa shape index (κ1) is 16.7. The highest BCUT2D eigenvalue weighted by Crippen LogP contribution is 2.14. The second kappa shape index (κ2) is 8.70. The summed E-state index contributed by atoms with van der Waals surface area (Å²) in [7, 11) is 1.63. The molecule has 4 nitrogen and oxygen atoms in total. The van der Waals surface area contributed by atoms with E-state index in [0.717, 1.165) is 22.6 Å². The Labute approximate surface area is 141 Å². The molecule has 2 N–H and O–H groups in total. The van der Waals surface area contributed by atoms with Crippen LogP contribution in [0.15, 0.2) is 65.3 Å². The first-order chi connectivity index (χ1) is 11.2. The fraction of sp³-hybridized carbons (Fsp3) is 0.111. The number of rotatable bonds is 5. The van der Waals surface area contributed by atoms with Gasteiger partial charge in [0, 0.05) is 5.69 Å². The predicted octanol–water partition coefficient (Wildman–Crippen LogP) is 4.07. The molecular weight excluding hydrogens is 306 g/mol. The van der Waals surface area contributed by atoms with Crippen molar-refractivity contribution in [2.45, 2.75) is 6.92 Å². The Bertz CT molecular complexity index is 694. The van der Waals surface area contributed by atoms with Crippen LogP contribution in [0.1, 0.15) is 12.5 Å². The van der Waals surface area contributed by atoms with Crippen molar-refractivity contribution >= 4 is 35.3 Å². The second-order valence-electron chi connectivity index (χ2n) is 4.85. The van der Waals surface area contributed by atoms with E-state index in [0.29, 0.717) is 5.11 Å². The Morgan fingerprint density at radius 2 is 1.78 bits per heavy atom. The van der Waals surface area contributed by atoms with E-state index in [1.165, 1.54) is 0 Å². The highest BCUT2D eigenvalue weighted by Gasteiger charge is 1.96. The maximum absolute atomic E-state index is 5.19. The number of thiocarbonyl (C=S) groups is 1. The number of hydrogen-bond donors (Lipinski definition) is 2. The van der Waals surface area contributed by atoms with E-state index >= 15 is 0 Å². The zero-order chi connectivity index (χ0) is 16.5. The number of benzene rings is 2. The lowest BCUT2D eigenvalue weighted by Gasteiger charge is -2.07. The van der Waals surface area contributed by atoms with Gasteiger partial charge < -0.3 is 10.1 Å². The van der Waals surface area contributed by atoms with Crippen molar-refractivity contribution in [3.63, 3.8) is 0 Å². The summed E-state index contributed by atoms with van der Waals surface area (Å²) in [4.78, 5) is 0. The van der Waals surface area contributed by atoms with Crippen LogP contribution in [0.5, 0.6) is 5.75 Å². The first-order valence-electron chi connectivity index (χ1n) is 7.15. The fourth-order valence-electron chi connectivity index (χ4n) is 1.88. The summed E-state index contributed by atoms with van der Waals surface area (Å²) in [5.74, 6) is 0.800. The van der Waals surface area contributed by atoms with Crippen LogP contribution in [-0.2, 0) is 0 Å². The molecule has 0 unspecified atom stereocenters. The molecule has 0 bridgehead atoms. The molecular formula is C18H19N3OS. The molecule has 23 heavy (non-hydrogen) atoms. The van der Waals surface area contributed by atoms with Crippen LogP contribution in [-0.4, -0.2) is 18.4 Å². The minimum atomic E-state index is 0.430. The van der Waals surface area contributed by atoms with Crippen LogP contribution in [0.25, 0.3) is 6.08 Å². The Morgan fingerprint density at radius 1 is 1.09 bits per heavy atom. The van der Waals surface area contributed by atoms with Crippen molar-refractivity contribution in [1.82, 2.24) is 5.43 Å². The van der Waals surface area contributed by atoms with Gasteiger partial charge in [-0.25, -0.2) is 0 Å². The van der Waals surface area contributed by atoms with E-state index in [1.54, 1.807) is 13.3 Å². The molecule has 0 aromatic heterocycles. The molecule has 0 heterocycles. The Balaban J connectivity index is 1.84. The van der Waals surface area contributed by atoms with Crippen LogP contribution in [0, 0.1) is 0 Å². The zero-order valence-electron chi connectivity index (χ0n) is 13.1. The third-order valence-electron chi connectivity index (χ3n) is 2.98. The first-order valence-corrected chi connectivity index (χ1v) is 7.55. The lowest BCUT2D eigenvalue weighted by molar-refractivity contribution is 0.415. The highest BCUT2D eigenvalue weighted by molar-refractivity contribution is 7.80. The summed E-state index contributed by atoms with van der Waals surface area (Å²) in [6, 6.07) is 17.6. The van der Waals surface area contributed by atoms with E-state index in [2.05, 4.69) is 15.8 Å². The van der Waals surface area contributed by atoms with Crippen molar-refractivity contribution in [1.29, 1.82) is 0 Å². The van der Waals surface area contributed by atoms with Crippen LogP contribution in [0.3, 0.4) is 0 Å². The fourth-order valence-corrected chi connectivity index (χ4v) is 2.05. The highest BCUT2D eigenvalue weighted by atomic mass is 32.1. The van der Waals surface area contributed by atoms with Gasteiger partial charge in [-0.2, -0.15) is 5.10 Å². The second-order valence-corrected chi connectivity index (χ2v) is 5.26. The van der Waals surface area contributed by atoms with Gasteiger partial charge in [-0.15, -0.1) is 0 Å². The van der Waals surface area contributed by atoms with Crippen LogP contribution >= 0.6 is 12.2 Å². The van der Waals surface area contributed by atoms with E-state index in [4.69, 9.17) is 17.0 Å². The quantitative estimate of drug-likeness (QED) is 0.494. The number of nitrogens with zero attached hydrogens (tertiary/aromatic N) is 1. The van der Waals surface area contributed by atoms with Gasteiger partial charge in [-0.3, -0.25) is 5.43 Å². The molecule has 2 aromatic rings. The third kappa shape index (κ3) is 5.92. The van der Waals surface area contributed by atoms with Gasteiger partial charge in [-0.1, -0.05) is 36.4 Å². The standard InChI is InChI=1S/C18H19N3OS/c1-14(12-15-6-4-3-5-7-15)13-19-21-18(23)20-16-8-10-17(22-2)11-9-16/h3-13H,1-2H3,(H2,20,21,23)/b14-12+,19-13+. The molecule has 2 rings (SSSR count). The van der Waals surface area contributed by atoms with Crippen molar-refractivity contribution in [2.75, 3.05) is 12.4 Å². The number of ether oxygens (including phenoxy) is 1. The summed E-state index contributed by atoms with van der Waals surface area (Å²) < 4.78 is 5.11. The van der Waals surface area contributed by atoms with Crippen LogP contribution < -0.4 is 15.5 Å².